The Labute approximate surface area is 182 Å². The van der Waals surface area contributed by atoms with Crippen LogP contribution >= 0.6 is 0 Å². The summed E-state index contributed by atoms with van der Waals surface area (Å²) in [5.74, 6) is -7.95. The molecule has 2 unspecified atom stereocenters. The monoisotopic (exact) mass is 450 g/mol. The van der Waals surface area contributed by atoms with E-state index in [4.69, 9.17) is 0 Å². The highest BCUT2D eigenvalue weighted by Crippen LogP contribution is 2.41. The second-order valence-corrected chi connectivity index (χ2v) is 8.44. The van der Waals surface area contributed by atoms with Crippen LogP contribution in [0.25, 0.3) is 0 Å². The van der Waals surface area contributed by atoms with Crippen molar-refractivity contribution in [2.45, 2.75) is 56.7 Å². The van der Waals surface area contributed by atoms with Crippen LogP contribution in [0.3, 0.4) is 0 Å². The van der Waals surface area contributed by atoms with Crippen molar-refractivity contribution in [3.63, 3.8) is 0 Å². The van der Waals surface area contributed by atoms with Crippen LogP contribution in [0, 0.1) is 18.6 Å². The summed E-state index contributed by atoms with van der Waals surface area (Å²) in [6.45, 7) is 1.49. The maximum Gasteiger partial charge on any atom is 0.350 e. The Hall–Kier alpha value is -2.94. The molecular formula is C23H22F4N2O3. The first-order chi connectivity index (χ1) is 15.1. The highest BCUT2D eigenvalue weighted by atomic mass is 19.3. The number of rotatable bonds is 4. The van der Waals surface area contributed by atoms with Gasteiger partial charge >= 0.3 is 5.92 Å². The molecule has 2 aromatic rings. The fourth-order valence-corrected chi connectivity index (χ4v) is 4.59. The SMILES string of the molecule is Cc1cc(NC(=O)c2cc(F)cc(C(F)(F)C(=O)N3C4CCC3CC(O)C4)c2)ccc1F. The number of benzene rings is 2. The molecule has 0 aromatic heterocycles. The zero-order chi connectivity index (χ0) is 23.2. The van der Waals surface area contributed by atoms with Crippen molar-refractivity contribution < 1.29 is 32.3 Å². The first-order valence-corrected chi connectivity index (χ1v) is 10.3. The number of aliphatic hydroxyl groups excluding tert-OH is 1. The normalized spacial score (nSPS) is 22.7. The van der Waals surface area contributed by atoms with Gasteiger partial charge in [0.2, 0.25) is 0 Å². The lowest BCUT2D eigenvalue weighted by atomic mass is 9.97. The fourth-order valence-electron chi connectivity index (χ4n) is 4.59. The highest BCUT2D eigenvalue weighted by molar-refractivity contribution is 6.04. The summed E-state index contributed by atoms with van der Waals surface area (Å²) < 4.78 is 57.9. The van der Waals surface area contributed by atoms with Gasteiger partial charge in [-0.3, -0.25) is 9.59 Å². The van der Waals surface area contributed by atoms with Crippen LogP contribution in [-0.4, -0.2) is 40.0 Å². The Balaban J connectivity index is 1.59. The second-order valence-electron chi connectivity index (χ2n) is 8.44. The number of hydrogen-bond donors (Lipinski definition) is 2. The van der Waals surface area contributed by atoms with Gasteiger partial charge in [0, 0.05) is 28.9 Å². The Morgan fingerprint density at radius 1 is 1.06 bits per heavy atom. The minimum atomic E-state index is -4.05. The van der Waals surface area contributed by atoms with Gasteiger partial charge in [0.15, 0.2) is 0 Å². The predicted molar refractivity (Wildman–Crippen MR) is 108 cm³/mol. The van der Waals surface area contributed by atoms with Crippen molar-refractivity contribution in [1.82, 2.24) is 4.90 Å². The van der Waals surface area contributed by atoms with Crippen molar-refractivity contribution in [2.24, 2.45) is 0 Å². The van der Waals surface area contributed by atoms with Crippen molar-refractivity contribution in [2.75, 3.05) is 5.32 Å². The molecule has 2 aromatic carbocycles. The fraction of sp³-hybridized carbons (Fsp3) is 0.391. The number of carbonyl (C=O) groups excluding carboxylic acids is 2. The average Bonchev–Trinajstić information content (AvgIpc) is 3.00. The summed E-state index contributed by atoms with van der Waals surface area (Å²) in [5.41, 5.74) is -0.841. The maximum absolute atomic E-state index is 15.2. The molecular weight excluding hydrogens is 428 g/mol. The van der Waals surface area contributed by atoms with Gasteiger partial charge in [-0.1, -0.05) is 0 Å². The van der Waals surface area contributed by atoms with E-state index in [0.717, 1.165) is 23.1 Å². The van der Waals surface area contributed by atoms with Crippen molar-refractivity contribution in [3.05, 3.63) is 64.7 Å². The number of carbonyl (C=O) groups is 2. The Morgan fingerprint density at radius 3 is 2.34 bits per heavy atom. The van der Waals surface area contributed by atoms with Gasteiger partial charge < -0.3 is 15.3 Å². The average molecular weight is 450 g/mol. The van der Waals surface area contributed by atoms with Gasteiger partial charge in [0.05, 0.1) is 6.10 Å². The molecule has 2 bridgehead atoms. The van der Waals surface area contributed by atoms with E-state index in [1.807, 2.05) is 0 Å². The van der Waals surface area contributed by atoms with Gasteiger partial charge in [-0.2, -0.15) is 8.78 Å². The second kappa shape index (κ2) is 8.20. The lowest BCUT2D eigenvalue weighted by molar-refractivity contribution is -0.165. The highest BCUT2D eigenvalue weighted by Gasteiger charge is 2.52. The molecule has 32 heavy (non-hydrogen) atoms. The number of fused-ring (bicyclic) bond motifs is 2. The molecule has 2 heterocycles. The summed E-state index contributed by atoms with van der Waals surface area (Å²) in [4.78, 5) is 26.4. The first-order valence-electron chi connectivity index (χ1n) is 10.3. The molecule has 0 aliphatic carbocycles. The molecule has 2 fully saturated rings. The van der Waals surface area contributed by atoms with E-state index < -0.39 is 58.7 Å². The molecule has 2 aliphatic rings. The van der Waals surface area contributed by atoms with E-state index in [1.54, 1.807) is 0 Å². The smallest absolute Gasteiger partial charge is 0.350 e. The van der Waals surface area contributed by atoms with Crippen LogP contribution < -0.4 is 5.32 Å². The summed E-state index contributed by atoms with van der Waals surface area (Å²) in [6.07, 6.45) is 0.873. The van der Waals surface area contributed by atoms with Crippen LogP contribution in [0.2, 0.25) is 0 Å². The quantitative estimate of drug-likeness (QED) is 0.689. The van der Waals surface area contributed by atoms with E-state index >= 15 is 8.78 Å². The summed E-state index contributed by atoms with van der Waals surface area (Å²) in [5, 5.41) is 12.3. The van der Waals surface area contributed by atoms with Crippen LogP contribution in [0.1, 0.15) is 47.2 Å². The third-order valence-electron chi connectivity index (χ3n) is 6.15. The predicted octanol–water partition coefficient (Wildman–Crippen LogP) is 4.13. The standard InChI is InChI=1S/C23H22F4N2O3/c1-12-6-16(2-5-20(12)25)28-21(31)13-7-14(9-15(24)8-13)23(26,27)22(32)29-17-3-4-18(29)11-19(30)10-17/h2,5-9,17-19,30H,3-4,10-11H2,1H3,(H,28,31). The molecule has 0 radical (unpaired) electrons. The van der Waals surface area contributed by atoms with Crippen LogP contribution in [-0.2, 0) is 10.7 Å². The topological polar surface area (TPSA) is 69.6 Å². The van der Waals surface area contributed by atoms with Crippen molar-refractivity contribution >= 4 is 17.5 Å². The number of aryl methyl sites for hydroxylation is 1. The Bertz CT molecular complexity index is 1060. The third kappa shape index (κ3) is 4.09. The van der Waals surface area contributed by atoms with E-state index in [9.17, 15) is 23.5 Å². The van der Waals surface area contributed by atoms with Crippen molar-refractivity contribution in [1.29, 1.82) is 0 Å². The minimum Gasteiger partial charge on any atom is -0.393 e. The van der Waals surface area contributed by atoms with Gasteiger partial charge in [0.25, 0.3) is 11.8 Å². The lowest BCUT2D eigenvalue weighted by Gasteiger charge is -2.38. The van der Waals surface area contributed by atoms with E-state index in [-0.39, 0.29) is 24.1 Å². The largest absolute Gasteiger partial charge is 0.393 e. The van der Waals surface area contributed by atoms with Gasteiger partial charge in [-0.25, -0.2) is 8.78 Å². The number of piperidine rings is 1. The van der Waals surface area contributed by atoms with Crippen LogP contribution in [0.4, 0.5) is 23.2 Å². The molecule has 2 saturated heterocycles. The molecule has 2 atom stereocenters. The number of nitrogens with zero attached hydrogens (tertiary/aromatic N) is 1. The Kier molecular flexibility index (Phi) is 5.70. The van der Waals surface area contributed by atoms with Crippen molar-refractivity contribution in [3.8, 4) is 0 Å². The molecule has 2 aliphatic heterocycles. The number of anilines is 1. The molecule has 2 amide bonds. The van der Waals surface area contributed by atoms with E-state index in [0.29, 0.717) is 18.9 Å². The number of alkyl halides is 2. The van der Waals surface area contributed by atoms with Crippen LogP contribution in [0.5, 0.6) is 0 Å². The summed E-state index contributed by atoms with van der Waals surface area (Å²) in [7, 11) is 0. The maximum atomic E-state index is 15.2. The molecule has 4 rings (SSSR count). The molecule has 170 valence electrons. The molecule has 0 saturated carbocycles. The zero-order valence-corrected chi connectivity index (χ0v) is 17.2. The molecule has 9 heteroatoms. The minimum absolute atomic E-state index is 0.214. The summed E-state index contributed by atoms with van der Waals surface area (Å²) >= 11 is 0. The van der Waals surface area contributed by atoms with Gasteiger partial charge in [0.1, 0.15) is 11.6 Å². The number of halogens is 4. The molecule has 2 N–H and O–H groups in total. The summed E-state index contributed by atoms with van der Waals surface area (Å²) in [6, 6.07) is 4.92. The van der Waals surface area contributed by atoms with E-state index in [1.165, 1.54) is 19.1 Å². The number of amides is 2. The van der Waals surface area contributed by atoms with E-state index in [2.05, 4.69) is 5.32 Å². The number of aliphatic hydroxyl groups is 1. The van der Waals surface area contributed by atoms with Gasteiger partial charge in [-0.15, -0.1) is 0 Å². The van der Waals surface area contributed by atoms with Crippen LogP contribution in [0.15, 0.2) is 36.4 Å². The number of hydrogen-bond acceptors (Lipinski definition) is 3. The molecule has 5 nitrogen and oxygen atoms in total. The Morgan fingerprint density at radius 2 is 1.72 bits per heavy atom. The molecule has 0 spiro atoms. The number of nitrogens with one attached hydrogen (secondary N) is 1. The first kappa shape index (κ1) is 22.3. The van der Waals surface area contributed by atoms with Gasteiger partial charge in [-0.05, 0) is 74.6 Å². The zero-order valence-electron chi connectivity index (χ0n) is 17.2. The third-order valence-corrected chi connectivity index (χ3v) is 6.15. The lowest BCUT2D eigenvalue weighted by Crippen LogP contribution is -2.52.